The second-order valence-electron chi connectivity index (χ2n) is 5.44. The van der Waals surface area contributed by atoms with E-state index < -0.39 is 0 Å². The Hall–Kier alpha value is -1.34. The average molecular weight is 296 g/mol. The molecular formula is C13H20N4O2S. The van der Waals surface area contributed by atoms with Crippen molar-refractivity contribution in [2.45, 2.75) is 37.8 Å². The first kappa shape index (κ1) is 13.6. The molecule has 1 unspecified atom stereocenters. The molecule has 2 fully saturated rings. The molecule has 0 spiro atoms. The minimum Gasteiger partial charge on any atom is -0.382 e. The summed E-state index contributed by atoms with van der Waals surface area (Å²) in [6, 6.07) is 0.636. The van der Waals surface area contributed by atoms with Crippen LogP contribution in [0.3, 0.4) is 0 Å². The lowest BCUT2D eigenvalue weighted by molar-refractivity contribution is 0.0717. The van der Waals surface area contributed by atoms with Crippen LogP contribution in [0.1, 0.15) is 35.4 Å². The Kier molecular flexibility index (Phi) is 3.80. The van der Waals surface area contributed by atoms with Crippen molar-refractivity contribution in [2.24, 2.45) is 0 Å². The minimum absolute atomic E-state index is 0.0582. The highest BCUT2D eigenvalue weighted by Gasteiger charge is 2.28. The van der Waals surface area contributed by atoms with E-state index in [2.05, 4.69) is 10.3 Å². The summed E-state index contributed by atoms with van der Waals surface area (Å²) in [5.41, 5.74) is 5.89. The van der Waals surface area contributed by atoms with Gasteiger partial charge in [-0.3, -0.25) is 4.79 Å². The number of amides is 1. The fourth-order valence-electron chi connectivity index (χ4n) is 2.43. The van der Waals surface area contributed by atoms with E-state index in [0.29, 0.717) is 23.3 Å². The van der Waals surface area contributed by atoms with E-state index in [-0.39, 0.29) is 11.9 Å². The van der Waals surface area contributed by atoms with Crippen LogP contribution in [-0.2, 0) is 4.74 Å². The van der Waals surface area contributed by atoms with Crippen LogP contribution in [0.15, 0.2) is 0 Å². The number of hydrogen-bond acceptors (Lipinski definition) is 6. The first-order valence-corrected chi connectivity index (χ1v) is 7.84. The second-order valence-corrected chi connectivity index (χ2v) is 6.44. The van der Waals surface area contributed by atoms with Crippen molar-refractivity contribution in [3.8, 4) is 0 Å². The summed E-state index contributed by atoms with van der Waals surface area (Å²) in [6.07, 6.45) is 4.48. The predicted molar refractivity (Wildman–Crippen MR) is 79.1 cm³/mol. The highest BCUT2D eigenvalue weighted by atomic mass is 32.1. The van der Waals surface area contributed by atoms with Crippen LogP contribution in [0.2, 0.25) is 0 Å². The van der Waals surface area contributed by atoms with Crippen molar-refractivity contribution in [2.75, 3.05) is 31.3 Å². The maximum absolute atomic E-state index is 12.5. The Morgan fingerprint density at radius 3 is 2.90 bits per heavy atom. The number of aromatic nitrogens is 1. The number of rotatable bonds is 4. The molecule has 0 radical (unpaired) electrons. The molecule has 7 heteroatoms. The molecule has 0 bridgehead atoms. The number of carbonyl (C=O) groups is 1. The van der Waals surface area contributed by atoms with Gasteiger partial charge in [-0.25, -0.2) is 4.98 Å². The van der Waals surface area contributed by atoms with Gasteiger partial charge in [0.25, 0.3) is 5.91 Å². The highest BCUT2D eigenvalue weighted by Crippen LogP contribution is 2.30. The summed E-state index contributed by atoms with van der Waals surface area (Å²) < 4.78 is 5.32. The third kappa shape index (κ3) is 2.60. The number of nitrogens with two attached hydrogens (primary N) is 1. The van der Waals surface area contributed by atoms with Gasteiger partial charge in [0.1, 0.15) is 10.7 Å². The maximum Gasteiger partial charge on any atom is 0.267 e. The second kappa shape index (κ2) is 5.57. The Balaban J connectivity index is 1.69. The summed E-state index contributed by atoms with van der Waals surface area (Å²) in [5.74, 6) is 0.268. The number of anilines is 2. The lowest BCUT2D eigenvalue weighted by atomic mass is 9.93. The topological polar surface area (TPSA) is 80.5 Å². The van der Waals surface area contributed by atoms with Crippen LogP contribution in [0.5, 0.6) is 0 Å². The van der Waals surface area contributed by atoms with Gasteiger partial charge in [-0.15, -0.1) is 0 Å². The van der Waals surface area contributed by atoms with Crippen LogP contribution in [0.25, 0.3) is 0 Å². The lowest BCUT2D eigenvalue weighted by Crippen LogP contribution is -2.37. The number of nitrogens with zero attached hydrogens (tertiary/aromatic N) is 2. The van der Waals surface area contributed by atoms with Gasteiger partial charge in [-0.1, -0.05) is 11.3 Å². The van der Waals surface area contributed by atoms with Crippen molar-refractivity contribution >= 4 is 28.2 Å². The number of carbonyl (C=O) groups excluding carboxylic acids is 1. The molecule has 1 atom stereocenters. The number of ether oxygens (including phenoxy) is 1. The molecule has 110 valence electrons. The van der Waals surface area contributed by atoms with E-state index in [9.17, 15) is 4.79 Å². The Bertz CT molecular complexity index is 495. The molecule has 0 aromatic carbocycles. The monoisotopic (exact) mass is 296 g/mol. The summed E-state index contributed by atoms with van der Waals surface area (Å²) in [5, 5.41) is 4.09. The molecule has 1 aliphatic heterocycles. The molecule has 1 aromatic rings. The van der Waals surface area contributed by atoms with E-state index in [1.165, 1.54) is 30.6 Å². The van der Waals surface area contributed by atoms with Gasteiger partial charge in [0.05, 0.1) is 12.6 Å². The van der Waals surface area contributed by atoms with Gasteiger partial charge in [0.2, 0.25) is 0 Å². The fourth-order valence-corrected chi connectivity index (χ4v) is 3.37. The average Bonchev–Trinajstić information content (AvgIpc) is 3.01. The molecule has 1 aromatic heterocycles. The van der Waals surface area contributed by atoms with Crippen molar-refractivity contribution in [1.82, 2.24) is 9.88 Å². The molecule has 3 N–H and O–H groups in total. The Morgan fingerprint density at radius 2 is 2.30 bits per heavy atom. The zero-order chi connectivity index (χ0) is 14.1. The van der Waals surface area contributed by atoms with E-state index in [0.717, 1.165) is 18.2 Å². The van der Waals surface area contributed by atoms with Gasteiger partial charge in [0, 0.05) is 19.7 Å². The van der Waals surface area contributed by atoms with Crippen LogP contribution in [0, 0.1) is 0 Å². The summed E-state index contributed by atoms with van der Waals surface area (Å²) in [7, 11) is 1.81. The van der Waals surface area contributed by atoms with Crippen LogP contribution >= 0.6 is 11.3 Å². The van der Waals surface area contributed by atoms with E-state index >= 15 is 0 Å². The lowest BCUT2D eigenvalue weighted by Gasteiger charge is -2.25. The van der Waals surface area contributed by atoms with Gasteiger partial charge >= 0.3 is 0 Å². The number of thiazole rings is 1. The molecule has 1 saturated carbocycles. The summed E-state index contributed by atoms with van der Waals surface area (Å²) >= 11 is 1.35. The molecule has 1 saturated heterocycles. The van der Waals surface area contributed by atoms with Crippen molar-refractivity contribution < 1.29 is 9.53 Å². The van der Waals surface area contributed by atoms with Crippen molar-refractivity contribution in [3.05, 3.63) is 4.88 Å². The standard InChI is InChI=1S/C13H20N4O2S/c1-17(9-5-6-19-7-9)12(18)10-11(14)16-13(20-10)15-8-3-2-4-8/h8-9H,2-7,14H2,1H3,(H,15,16). The summed E-state index contributed by atoms with van der Waals surface area (Å²) in [4.78, 5) is 19.0. The Morgan fingerprint density at radius 1 is 1.50 bits per heavy atom. The van der Waals surface area contributed by atoms with Crippen LogP contribution < -0.4 is 11.1 Å². The van der Waals surface area contributed by atoms with Crippen LogP contribution in [-0.4, -0.2) is 48.1 Å². The smallest absolute Gasteiger partial charge is 0.267 e. The van der Waals surface area contributed by atoms with E-state index in [1.807, 2.05) is 0 Å². The van der Waals surface area contributed by atoms with Gasteiger partial charge in [-0.2, -0.15) is 0 Å². The quantitative estimate of drug-likeness (QED) is 0.881. The third-order valence-corrected chi connectivity index (χ3v) is 5.04. The molecule has 2 heterocycles. The molecule has 6 nitrogen and oxygen atoms in total. The maximum atomic E-state index is 12.5. The number of likely N-dealkylation sites (N-methyl/N-ethyl adjacent to an activating group) is 1. The van der Waals surface area contributed by atoms with Crippen molar-refractivity contribution in [3.63, 3.8) is 0 Å². The molecule has 2 aliphatic rings. The molecule has 1 amide bonds. The molecule has 20 heavy (non-hydrogen) atoms. The first-order valence-electron chi connectivity index (χ1n) is 7.03. The van der Waals surface area contributed by atoms with Gasteiger partial charge in [0.15, 0.2) is 5.13 Å². The number of hydrogen-bond donors (Lipinski definition) is 2. The van der Waals surface area contributed by atoms with Crippen molar-refractivity contribution in [1.29, 1.82) is 0 Å². The molecule has 3 rings (SSSR count). The number of nitrogens with one attached hydrogen (secondary N) is 1. The molecule has 1 aliphatic carbocycles. The number of nitrogen functional groups attached to an aromatic ring is 1. The van der Waals surface area contributed by atoms with E-state index in [4.69, 9.17) is 10.5 Å². The summed E-state index contributed by atoms with van der Waals surface area (Å²) in [6.45, 7) is 1.32. The fraction of sp³-hybridized carbons (Fsp3) is 0.692. The zero-order valence-electron chi connectivity index (χ0n) is 11.6. The first-order chi connectivity index (χ1) is 9.65. The minimum atomic E-state index is -0.0582. The highest BCUT2D eigenvalue weighted by molar-refractivity contribution is 7.18. The normalized spacial score (nSPS) is 22.6. The van der Waals surface area contributed by atoms with Crippen LogP contribution in [0.4, 0.5) is 10.9 Å². The van der Waals surface area contributed by atoms with E-state index in [1.54, 1.807) is 11.9 Å². The SMILES string of the molecule is CN(C(=O)c1sc(NC2CCC2)nc1N)C1CCOC1. The predicted octanol–water partition coefficient (Wildman–Crippen LogP) is 1.55. The van der Waals surface area contributed by atoms with Gasteiger partial charge < -0.3 is 20.7 Å². The van der Waals surface area contributed by atoms with Gasteiger partial charge in [-0.05, 0) is 25.7 Å². The molecular weight excluding hydrogens is 276 g/mol. The largest absolute Gasteiger partial charge is 0.382 e. The Labute approximate surface area is 122 Å². The third-order valence-electron chi connectivity index (χ3n) is 4.05. The zero-order valence-corrected chi connectivity index (χ0v) is 12.4.